The van der Waals surface area contributed by atoms with Crippen molar-refractivity contribution in [3.05, 3.63) is 65.5 Å². The molecular weight excluding hydrogens is 390 g/mol. The summed E-state index contributed by atoms with van der Waals surface area (Å²) in [5.74, 6) is -0.989. The minimum atomic E-state index is -1.17. The second-order valence-corrected chi connectivity index (χ2v) is 6.15. The SMILES string of the molecule is COc1cc2c(cc1O)COc1cc(-c3ccccc3F)c(C(=O)O)cc1-2.[Na+].[OH-]. The molecule has 0 unspecified atom stereocenters. The van der Waals surface area contributed by atoms with Gasteiger partial charge in [0.15, 0.2) is 11.5 Å². The first-order chi connectivity index (χ1) is 13.0. The molecule has 144 valence electrons. The van der Waals surface area contributed by atoms with E-state index >= 15 is 0 Å². The number of benzene rings is 3. The number of methoxy groups -OCH3 is 1. The van der Waals surface area contributed by atoms with Gasteiger partial charge in [-0.15, -0.1) is 0 Å². The fourth-order valence-electron chi connectivity index (χ4n) is 3.29. The Balaban J connectivity index is 0.00000150. The molecule has 1 aliphatic heterocycles. The summed E-state index contributed by atoms with van der Waals surface area (Å²) in [5, 5.41) is 19.6. The maximum atomic E-state index is 14.3. The molecule has 0 amide bonds. The molecule has 0 fully saturated rings. The van der Waals surface area contributed by atoms with E-state index in [1.54, 1.807) is 24.3 Å². The van der Waals surface area contributed by atoms with Gasteiger partial charge in [0.25, 0.3) is 0 Å². The normalized spacial score (nSPS) is 11.1. The number of fused-ring (bicyclic) bond motifs is 3. The topological polar surface area (TPSA) is 106 Å². The molecule has 3 N–H and O–H groups in total. The van der Waals surface area contributed by atoms with E-state index in [1.807, 2.05) is 0 Å². The van der Waals surface area contributed by atoms with Crippen LogP contribution in [0.5, 0.6) is 17.2 Å². The molecule has 29 heavy (non-hydrogen) atoms. The average molecular weight is 406 g/mol. The Hall–Kier alpha value is -2.58. The first kappa shape index (κ1) is 22.7. The third-order valence-corrected chi connectivity index (χ3v) is 4.59. The van der Waals surface area contributed by atoms with Crippen LogP contribution in [0, 0.1) is 5.82 Å². The van der Waals surface area contributed by atoms with E-state index in [1.165, 1.54) is 31.4 Å². The summed E-state index contributed by atoms with van der Waals surface area (Å²) in [7, 11) is 1.44. The number of aromatic hydroxyl groups is 1. The van der Waals surface area contributed by atoms with Crippen LogP contribution in [0.1, 0.15) is 15.9 Å². The molecule has 0 aliphatic carbocycles. The van der Waals surface area contributed by atoms with Gasteiger partial charge in [-0.3, -0.25) is 0 Å². The first-order valence-electron chi connectivity index (χ1n) is 8.19. The number of hydrogen-bond donors (Lipinski definition) is 2. The van der Waals surface area contributed by atoms with Crippen molar-refractivity contribution >= 4 is 5.97 Å². The van der Waals surface area contributed by atoms with Crippen molar-refractivity contribution in [1.82, 2.24) is 0 Å². The van der Waals surface area contributed by atoms with Crippen molar-refractivity contribution in [1.29, 1.82) is 0 Å². The van der Waals surface area contributed by atoms with Crippen molar-refractivity contribution in [2.24, 2.45) is 0 Å². The van der Waals surface area contributed by atoms with Crippen molar-refractivity contribution in [2.75, 3.05) is 7.11 Å². The second kappa shape index (κ2) is 8.84. The van der Waals surface area contributed by atoms with Gasteiger partial charge in [-0.25, -0.2) is 9.18 Å². The standard InChI is InChI=1S/C21H15FO5.Na.H2O/c1-26-20-8-13-11(6-18(20)23)10-27-19-9-14(12-4-2-3-5-17(12)22)16(21(24)25)7-15(13)19;;/h2-9,23H,10H2,1H3,(H,24,25);;1H2/q;+1;/p-1. The number of carboxylic acids is 1. The predicted molar refractivity (Wildman–Crippen MR) is 98.7 cm³/mol. The molecule has 6 nitrogen and oxygen atoms in total. The number of phenolic OH excluding ortho intramolecular Hbond substituents is 1. The van der Waals surface area contributed by atoms with Crippen LogP contribution in [-0.4, -0.2) is 28.8 Å². The largest absolute Gasteiger partial charge is 1.00 e. The Morgan fingerprint density at radius 2 is 1.79 bits per heavy atom. The van der Waals surface area contributed by atoms with Crippen LogP contribution in [0.3, 0.4) is 0 Å². The van der Waals surface area contributed by atoms with Crippen LogP contribution in [0.25, 0.3) is 22.3 Å². The maximum Gasteiger partial charge on any atom is 1.00 e. The Kier molecular flexibility index (Phi) is 6.92. The van der Waals surface area contributed by atoms with E-state index in [2.05, 4.69) is 0 Å². The number of ether oxygens (including phenoxy) is 2. The summed E-state index contributed by atoms with van der Waals surface area (Å²) < 4.78 is 25.2. The predicted octanol–water partition coefficient (Wildman–Crippen LogP) is 1.29. The van der Waals surface area contributed by atoms with E-state index in [-0.39, 0.29) is 69.8 Å². The second-order valence-electron chi connectivity index (χ2n) is 6.15. The van der Waals surface area contributed by atoms with Crippen molar-refractivity contribution in [3.63, 3.8) is 0 Å². The molecule has 8 heteroatoms. The van der Waals surface area contributed by atoms with Gasteiger partial charge in [0.05, 0.1) is 12.7 Å². The Morgan fingerprint density at radius 1 is 1.07 bits per heavy atom. The number of phenols is 1. The van der Waals surface area contributed by atoms with Gasteiger partial charge in [-0.1, -0.05) is 18.2 Å². The van der Waals surface area contributed by atoms with E-state index < -0.39 is 11.8 Å². The van der Waals surface area contributed by atoms with E-state index in [4.69, 9.17) is 9.47 Å². The molecule has 3 aromatic rings. The minimum absolute atomic E-state index is 0. The molecule has 0 spiro atoms. The fourth-order valence-corrected chi connectivity index (χ4v) is 3.29. The summed E-state index contributed by atoms with van der Waals surface area (Å²) in [6.45, 7) is 0.197. The van der Waals surface area contributed by atoms with Gasteiger partial charge in [0, 0.05) is 22.3 Å². The summed E-state index contributed by atoms with van der Waals surface area (Å²) in [5.41, 5.74) is 2.35. The van der Waals surface area contributed by atoms with Gasteiger partial charge in [-0.05, 0) is 35.9 Å². The van der Waals surface area contributed by atoms with Crippen molar-refractivity contribution in [2.45, 2.75) is 6.61 Å². The van der Waals surface area contributed by atoms with Crippen LogP contribution in [0.4, 0.5) is 4.39 Å². The molecule has 0 saturated heterocycles. The molecule has 0 atom stereocenters. The molecule has 3 aromatic carbocycles. The fraction of sp³-hybridized carbons (Fsp3) is 0.0952. The van der Waals surface area contributed by atoms with Crippen LogP contribution in [-0.2, 0) is 6.61 Å². The molecule has 1 aliphatic rings. The molecule has 0 bridgehead atoms. The van der Waals surface area contributed by atoms with Crippen molar-refractivity contribution < 1.29 is 63.9 Å². The third kappa shape index (κ3) is 3.95. The molecule has 4 rings (SSSR count). The molecule has 0 aromatic heterocycles. The number of rotatable bonds is 3. The van der Waals surface area contributed by atoms with Gasteiger partial charge in [0.1, 0.15) is 18.2 Å². The summed E-state index contributed by atoms with van der Waals surface area (Å²) in [6.07, 6.45) is 0. The molecule has 0 saturated carbocycles. The van der Waals surface area contributed by atoms with E-state index in [0.717, 1.165) is 0 Å². The number of halogens is 1. The molecule has 1 heterocycles. The third-order valence-electron chi connectivity index (χ3n) is 4.59. The molecule has 0 radical (unpaired) electrons. The van der Waals surface area contributed by atoms with Gasteiger partial charge in [-0.2, -0.15) is 0 Å². The Morgan fingerprint density at radius 3 is 2.45 bits per heavy atom. The summed E-state index contributed by atoms with van der Waals surface area (Å²) in [6, 6.07) is 12.2. The minimum Gasteiger partial charge on any atom is -0.870 e. The Labute approximate surface area is 188 Å². The smallest absolute Gasteiger partial charge is 0.870 e. The van der Waals surface area contributed by atoms with Gasteiger partial charge < -0.3 is 25.2 Å². The summed E-state index contributed by atoms with van der Waals surface area (Å²) in [4.78, 5) is 11.9. The summed E-state index contributed by atoms with van der Waals surface area (Å²) >= 11 is 0. The quantitative estimate of drug-likeness (QED) is 0.635. The average Bonchev–Trinajstić information content (AvgIpc) is 2.66. The first-order valence-corrected chi connectivity index (χ1v) is 8.19. The van der Waals surface area contributed by atoms with E-state index in [9.17, 15) is 19.4 Å². The molecular formula is C21H16FNaO6. The number of aromatic carboxylic acids is 1. The van der Waals surface area contributed by atoms with Gasteiger partial charge in [0.2, 0.25) is 0 Å². The van der Waals surface area contributed by atoms with E-state index in [0.29, 0.717) is 22.4 Å². The number of carboxylic acid groups (broad SMARTS) is 1. The van der Waals surface area contributed by atoms with Gasteiger partial charge >= 0.3 is 35.5 Å². The number of carbonyl (C=O) groups is 1. The van der Waals surface area contributed by atoms with Crippen molar-refractivity contribution in [3.8, 4) is 39.5 Å². The maximum absolute atomic E-state index is 14.3. The van der Waals surface area contributed by atoms with Crippen LogP contribution >= 0.6 is 0 Å². The van der Waals surface area contributed by atoms with Crippen LogP contribution < -0.4 is 39.0 Å². The Bertz CT molecular complexity index is 1080. The zero-order valence-corrected chi connectivity index (χ0v) is 17.8. The number of hydrogen-bond acceptors (Lipinski definition) is 5. The van der Waals surface area contributed by atoms with Crippen LogP contribution in [0.15, 0.2) is 48.5 Å². The zero-order valence-electron chi connectivity index (χ0n) is 15.8. The monoisotopic (exact) mass is 406 g/mol. The zero-order chi connectivity index (χ0) is 19.1. The van der Waals surface area contributed by atoms with Crippen LogP contribution in [0.2, 0.25) is 0 Å².